The summed E-state index contributed by atoms with van der Waals surface area (Å²) < 4.78 is 21.9. The van der Waals surface area contributed by atoms with Crippen molar-refractivity contribution < 1.29 is 33.6 Å². The number of rotatable bonds is 8. The van der Waals surface area contributed by atoms with Crippen LogP contribution in [0.3, 0.4) is 0 Å². The van der Waals surface area contributed by atoms with Gasteiger partial charge >= 0.3 is 0 Å². The van der Waals surface area contributed by atoms with Crippen LogP contribution in [-0.4, -0.2) is 44.2 Å². The number of carbonyl (C=O) groups excluding carboxylic acids is 2. The second-order valence-corrected chi connectivity index (χ2v) is 8.68. The minimum Gasteiger partial charge on any atom is -0.507 e. The number of benzene rings is 3. The van der Waals surface area contributed by atoms with Crippen LogP contribution >= 0.6 is 0 Å². The number of aliphatic hydroxyl groups is 1. The average Bonchev–Trinajstić information content (AvgIpc) is 3.17. The lowest BCUT2D eigenvalue weighted by Crippen LogP contribution is -2.29. The van der Waals surface area contributed by atoms with Gasteiger partial charge in [-0.05, 0) is 61.9 Å². The number of hydrogen-bond donors (Lipinski definition) is 1. The van der Waals surface area contributed by atoms with Gasteiger partial charge < -0.3 is 24.1 Å². The van der Waals surface area contributed by atoms with E-state index < -0.39 is 17.7 Å². The lowest BCUT2D eigenvalue weighted by Gasteiger charge is -2.26. The Balaban J connectivity index is 1.94. The molecule has 1 unspecified atom stereocenters. The second kappa shape index (κ2) is 10.7. The van der Waals surface area contributed by atoms with E-state index in [-0.39, 0.29) is 17.4 Å². The number of carbonyl (C=O) groups is 2. The van der Waals surface area contributed by atoms with Gasteiger partial charge in [-0.2, -0.15) is 0 Å². The molecule has 0 bridgehead atoms. The molecule has 1 amide bonds. The fourth-order valence-corrected chi connectivity index (χ4v) is 4.34. The topological polar surface area (TPSA) is 94.5 Å². The summed E-state index contributed by atoms with van der Waals surface area (Å²) in [5.41, 5.74) is 1.30. The fraction of sp³-hybridized carbons (Fsp3) is 0.241. The lowest BCUT2D eigenvalue weighted by atomic mass is 9.94. The van der Waals surface area contributed by atoms with E-state index in [0.717, 1.165) is 0 Å². The van der Waals surface area contributed by atoms with Crippen molar-refractivity contribution in [2.75, 3.05) is 26.2 Å². The Labute approximate surface area is 215 Å². The molecule has 8 nitrogen and oxygen atoms in total. The number of aliphatic hydroxyl groups excluding tert-OH is 1. The third kappa shape index (κ3) is 4.95. The Morgan fingerprint density at radius 1 is 0.838 bits per heavy atom. The summed E-state index contributed by atoms with van der Waals surface area (Å²) in [4.78, 5) is 28.3. The first-order valence-electron chi connectivity index (χ1n) is 11.7. The average molecular weight is 504 g/mol. The molecule has 1 N–H and O–H groups in total. The van der Waals surface area contributed by atoms with Gasteiger partial charge in [-0.1, -0.05) is 18.2 Å². The fourth-order valence-electron chi connectivity index (χ4n) is 4.34. The summed E-state index contributed by atoms with van der Waals surface area (Å²) in [6.45, 7) is 3.82. The Bertz CT molecular complexity index is 1360. The molecule has 1 heterocycles. The summed E-state index contributed by atoms with van der Waals surface area (Å²) in [5.74, 6) is 0.0313. The molecule has 8 heteroatoms. The van der Waals surface area contributed by atoms with Gasteiger partial charge in [0.2, 0.25) is 0 Å². The molecule has 0 saturated carbocycles. The Morgan fingerprint density at radius 3 is 2.22 bits per heavy atom. The molecule has 3 aromatic carbocycles. The maximum Gasteiger partial charge on any atom is 0.300 e. The van der Waals surface area contributed by atoms with E-state index in [9.17, 15) is 14.7 Å². The predicted molar refractivity (Wildman–Crippen MR) is 140 cm³/mol. The van der Waals surface area contributed by atoms with Crippen molar-refractivity contribution in [1.29, 1.82) is 0 Å². The Hall–Kier alpha value is -4.46. The lowest BCUT2D eigenvalue weighted by molar-refractivity contribution is -0.132. The number of hydrogen-bond acceptors (Lipinski definition) is 7. The molecule has 4 rings (SSSR count). The van der Waals surface area contributed by atoms with Gasteiger partial charge in [0.25, 0.3) is 11.7 Å². The van der Waals surface area contributed by atoms with Gasteiger partial charge in [-0.25, -0.2) is 0 Å². The van der Waals surface area contributed by atoms with Crippen molar-refractivity contribution in [1.82, 2.24) is 0 Å². The summed E-state index contributed by atoms with van der Waals surface area (Å²) in [5, 5.41) is 11.4. The summed E-state index contributed by atoms with van der Waals surface area (Å²) in [7, 11) is 4.50. The van der Waals surface area contributed by atoms with Gasteiger partial charge in [-0.15, -0.1) is 0 Å². The summed E-state index contributed by atoms with van der Waals surface area (Å²) in [6.07, 6.45) is -0.0771. The van der Waals surface area contributed by atoms with E-state index in [1.54, 1.807) is 66.7 Å². The molecule has 1 fully saturated rings. The van der Waals surface area contributed by atoms with Gasteiger partial charge in [0.15, 0.2) is 11.5 Å². The van der Waals surface area contributed by atoms with Crippen LogP contribution in [0.5, 0.6) is 23.0 Å². The molecule has 0 aromatic heterocycles. The van der Waals surface area contributed by atoms with Crippen molar-refractivity contribution in [3.05, 3.63) is 83.4 Å². The maximum absolute atomic E-state index is 13.5. The zero-order valence-corrected chi connectivity index (χ0v) is 21.3. The SMILES string of the molecule is COc1cccc(N2C(=O)C(=O)/C(=C(/O)c3ccc(OC)c(OC)c3)C2c2cccc(OC(C)C)c2)c1. The van der Waals surface area contributed by atoms with Crippen LogP contribution < -0.4 is 23.8 Å². The van der Waals surface area contributed by atoms with Gasteiger partial charge in [0, 0.05) is 17.3 Å². The van der Waals surface area contributed by atoms with Crippen LogP contribution in [0.2, 0.25) is 0 Å². The quantitative estimate of drug-likeness (QED) is 0.259. The largest absolute Gasteiger partial charge is 0.507 e. The van der Waals surface area contributed by atoms with E-state index in [0.29, 0.717) is 39.8 Å². The third-order valence-electron chi connectivity index (χ3n) is 5.98. The highest BCUT2D eigenvalue weighted by Gasteiger charge is 2.47. The normalized spacial score (nSPS) is 16.7. The number of ether oxygens (including phenoxy) is 4. The van der Waals surface area contributed by atoms with Gasteiger partial charge in [0.1, 0.15) is 17.3 Å². The zero-order valence-electron chi connectivity index (χ0n) is 21.3. The van der Waals surface area contributed by atoms with Crippen LogP contribution in [0, 0.1) is 0 Å². The molecule has 0 aliphatic carbocycles. The maximum atomic E-state index is 13.5. The van der Waals surface area contributed by atoms with Crippen molar-refractivity contribution in [2.45, 2.75) is 26.0 Å². The minimum absolute atomic E-state index is 0.0539. The van der Waals surface area contributed by atoms with Gasteiger partial charge in [-0.3, -0.25) is 14.5 Å². The predicted octanol–water partition coefficient (Wildman–Crippen LogP) is 5.13. The number of anilines is 1. The first-order chi connectivity index (χ1) is 17.8. The van der Waals surface area contributed by atoms with Crippen molar-refractivity contribution in [3.8, 4) is 23.0 Å². The molecule has 37 heavy (non-hydrogen) atoms. The molecule has 0 radical (unpaired) electrons. The van der Waals surface area contributed by atoms with Crippen molar-refractivity contribution in [2.24, 2.45) is 0 Å². The number of methoxy groups -OCH3 is 3. The molecular weight excluding hydrogens is 474 g/mol. The smallest absolute Gasteiger partial charge is 0.300 e. The molecule has 1 aliphatic heterocycles. The first kappa shape index (κ1) is 25.6. The van der Waals surface area contributed by atoms with Crippen LogP contribution in [-0.2, 0) is 9.59 Å². The molecule has 1 saturated heterocycles. The van der Waals surface area contributed by atoms with Crippen LogP contribution in [0.4, 0.5) is 5.69 Å². The number of ketones is 1. The Kier molecular flexibility index (Phi) is 7.38. The molecule has 1 atom stereocenters. The third-order valence-corrected chi connectivity index (χ3v) is 5.98. The summed E-state index contributed by atoms with van der Waals surface area (Å²) >= 11 is 0. The highest BCUT2D eigenvalue weighted by atomic mass is 16.5. The number of Topliss-reactive ketones (excluding diaryl/α,β-unsaturated/α-hetero) is 1. The molecule has 192 valence electrons. The molecular formula is C29H29NO7. The van der Waals surface area contributed by atoms with Crippen molar-refractivity contribution in [3.63, 3.8) is 0 Å². The molecule has 1 aliphatic rings. The summed E-state index contributed by atoms with van der Waals surface area (Å²) in [6, 6.07) is 17.9. The first-order valence-corrected chi connectivity index (χ1v) is 11.7. The Morgan fingerprint density at radius 2 is 1.54 bits per heavy atom. The standard InChI is InChI=1S/C29H29NO7/c1-17(2)37-22-11-6-8-18(14-22)26-25(27(31)19-12-13-23(35-4)24(15-19)36-5)28(32)29(33)30(26)20-9-7-10-21(16-20)34-3/h6-17,26,31H,1-5H3/b27-25+. The second-order valence-electron chi connectivity index (χ2n) is 8.68. The van der Waals surface area contributed by atoms with Crippen LogP contribution in [0.1, 0.15) is 31.0 Å². The van der Waals surface area contributed by atoms with Crippen LogP contribution in [0.25, 0.3) is 5.76 Å². The zero-order chi connectivity index (χ0) is 26.7. The molecule has 0 spiro atoms. The van der Waals surface area contributed by atoms with Crippen LogP contribution in [0.15, 0.2) is 72.3 Å². The van der Waals surface area contributed by atoms with Crippen molar-refractivity contribution >= 4 is 23.1 Å². The monoisotopic (exact) mass is 503 g/mol. The van der Waals surface area contributed by atoms with Gasteiger partial charge in [0.05, 0.1) is 39.0 Å². The van der Waals surface area contributed by atoms with E-state index in [2.05, 4.69) is 0 Å². The number of nitrogens with zero attached hydrogens (tertiary/aromatic N) is 1. The molecule has 3 aromatic rings. The van der Waals surface area contributed by atoms with E-state index >= 15 is 0 Å². The van der Waals surface area contributed by atoms with E-state index in [1.807, 2.05) is 13.8 Å². The van der Waals surface area contributed by atoms with E-state index in [4.69, 9.17) is 18.9 Å². The highest BCUT2D eigenvalue weighted by molar-refractivity contribution is 6.51. The number of amides is 1. The highest BCUT2D eigenvalue weighted by Crippen LogP contribution is 2.44. The van der Waals surface area contributed by atoms with E-state index in [1.165, 1.54) is 26.2 Å². The minimum atomic E-state index is -0.920.